The molecule has 0 radical (unpaired) electrons. The highest BCUT2D eigenvalue weighted by Crippen LogP contribution is 2.28. The molecule has 0 aromatic carbocycles. The van der Waals surface area contributed by atoms with E-state index in [1.165, 1.54) is 11.3 Å². The number of carbonyl (C=O) groups excluding carboxylic acids is 1. The van der Waals surface area contributed by atoms with Crippen LogP contribution in [0.15, 0.2) is 18.5 Å². The zero-order valence-electron chi connectivity index (χ0n) is 14.6. The summed E-state index contributed by atoms with van der Waals surface area (Å²) in [6.45, 7) is 5.11. The first-order valence-electron chi connectivity index (χ1n) is 8.19. The van der Waals surface area contributed by atoms with Gasteiger partial charge in [0.25, 0.3) is 5.91 Å². The fraction of sp³-hybridized carbons (Fsp3) is 0.529. The topological polar surface area (TPSA) is 62.2 Å². The average Bonchev–Trinajstić information content (AvgIpc) is 2.98. The molecule has 0 N–H and O–H groups in total. The van der Waals surface area contributed by atoms with Crippen molar-refractivity contribution in [1.82, 2.24) is 24.8 Å². The third kappa shape index (κ3) is 3.32. The molecule has 0 aliphatic carbocycles. The van der Waals surface area contributed by atoms with Crippen molar-refractivity contribution < 1.29 is 4.79 Å². The van der Waals surface area contributed by atoms with E-state index in [4.69, 9.17) is 0 Å². The van der Waals surface area contributed by atoms with Crippen LogP contribution in [0.4, 0.5) is 0 Å². The van der Waals surface area contributed by atoms with E-state index in [-0.39, 0.29) is 11.9 Å². The molecule has 2 aromatic rings. The summed E-state index contributed by atoms with van der Waals surface area (Å²) in [5.41, 5.74) is 0.750. The van der Waals surface area contributed by atoms with E-state index < -0.39 is 0 Å². The Bertz CT molecular complexity index is 717. The van der Waals surface area contributed by atoms with Gasteiger partial charge in [0, 0.05) is 38.1 Å². The summed E-state index contributed by atoms with van der Waals surface area (Å²) in [7, 11) is 4.05. The highest BCUT2D eigenvalue weighted by molar-refractivity contribution is 7.17. The molecular formula is C17H23N5OS. The number of rotatable bonds is 3. The van der Waals surface area contributed by atoms with Crippen LogP contribution in [0.25, 0.3) is 10.8 Å². The van der Waals surface area contributed by atoms with Crippen LogP contribution in [0.2, 0.25) is 0 Å². The minimum absolute atomic E-state index is 0.0499. The summed E-state index contributed by atoms with van der Waals surface area (Å²) in [4.78, 5) is 30.8. The lowest BCUT2D eigenvalue weighted by molar-refractivity contribution is 0.0602. The number of likely N-dealkylation sites (tertiary alicyclic amines) is 1. The maximum absolute atomic E-state index is 12.9. The first kappa shape index (κ1) is 17.0. The van der Waals surface area contributed by atoms with Crippen LogP contribution in [0.1, 0.15) is 35.1 Å². The molecule has 2 atom stereocenters. The van der Waals surface area contributed by atoms with Crippen molar-refractivity contribution >= 4 is 17.2 Å². The fourth-order valence-corrected chi connectivity index (χ4v) is 4.04. The highest BCUT2D eigenvalue weighted by Gasteiger charge is 2.30. The molecule has 6 nitrogen and oxygen atoms in total. The number of carbonyl (C=O) groups is 1. The first-order valence-corrected chi connectivity index (χ1v) is 9.01. The van der Waals surface area contributed by atoms with E-state index in [1.54, 1.807) is 18.5 Å². The van der Waals surface area contributed by atoms with E-state index in [0.717, 1.165) is 25.1 Å². The number of piperidine rings is 1. The molecule has 1 aliphatic rings. The normalized spacial score (nSPS) is 21.7. The molecule has 128 valence electrons. The Morgan fingerprint density at radius 2 is 2.08 bits per heavy atom. The monoisotopic (exact) mass is 345 g/mol. The Hall–Kier alpha value is -1.86. The fourth-order valence-electron chi connectivity index (χ4n) is 3.04. The van der Waals surface area contributed by atoms with Gasteiger partial charge in [0.1, 0.15) is 4.88 Å². The second-order valence-corrected chi connectivity index (χ2v) is 7.43. The van der Waals surface area contributed by atoms with E-state index in [1.807, 2.05) is 18.9 Å². The number of hydrogen-bond donors (Lipinski definition) is 0. The standard InChI is InChI=1S/C17H23N5OS/c1-11-10-13(6-9-21(11)3)22(4)17(23)14-12(2)20-16(24-14)15-18-7-5-8-19-15/h5,7-8,11,13H,6,9-10H2,1-4H3. The molecule has 24 heavy (non-hydrogen) atoms. The molecule has 0 spiro atoms. The molecule has 0 saturated carbocycles. The summed E-state index contributed by atoms with van der Waals surface area (Å²) in [5, 5.41) is 0.696. The summed E-state index contributed by atoms with van der Waals surface area (Å²) in [5.74, 6) is 0.620. The van der Waals surface area contributed by atoms with E-state index in [2.05, 4.69) is 33.8 Å². The van der Waals surface area contributed by atoms with Gasteiger partial charge in [0.2, 0.25) is 0 Å². The van der Waals surface area contributed by atoms with Crippen LogP contribution >= 0.6 is 11.3 Å². The third-order valence-corrected chi connectivity index (χ3v) is 5.94. The lowest BCUT2D eigenvalue weighted by atomic mass is 9.97. The van der Waals surface area contributed by atoms with Gasteiger partial charge in [-0.1, -0.05) is 0 Å². The predicted molar refractivity (Wildman–Crippen MR) is 95.1 cm³/mol. The number of amides is 1. The molecule has 1 amide bonds. The van der Waals surface area contributed by atoms with E-state index in [0.29, 0.717) is 21.8 Å². The van der Waals surface area contributed by atoms with Crippen LogP contribution in [0.3, 0.4) is 0 Å². The Balaban J connectivity index is 1.79. The van der Waals surface area contributed by atoms with Crippen LogP contribution < -0.4 is 0 Å². The van der Waals surface area contributed by atoms with Gasteiger partial charge >= 0.3 is 0 Å². The molecule has 0 bridgehead atoms. The minimum atomic E-state index is 0.0499. The number of thiazole rings is 1. The third-order valence-electron chi connectivity index (χ3n) is 4.80. The molecule has 2 unspecified atom stereocenters. The van der Waals surface area contributed by atoms with Crippen molar-refractivity contribution in [2.24, 2.45) is 0 Å². The molecule has 2 aromatic heterocycles. The van der Waals surface area contributed by atoms with Gasteiger partial charge in [-0.3, -0.25) is 4.79 Å². The predicted octanol–water partition coefficient (Wildman–Crippen LogP) is 2.46. The Morgan fingerprint density at radius 1 is 1.38 bits per heavy atom. The second-order valence-electron chi connectivity index (χ2n) is 6.43. The van der Waals surface area contributed by atoms with Crippen LogP contribution in [-0.2, 0) is 0 Å². The first-order chi connectivity index (χ1) is 11.5. The van der Waals surface area contributed by atoms with E-state index >= 15 is 0 Å². The molecular weight excluding hydrogens is 322 g/mol. The largest absolute Gasteiger partial charge is 0.338 e. The van der Waals surface area contributed by atoms with Crippen molar-refractivity contribution in [2.45, 2.75) is 38.8 Å². The van der Waals surface area contributed by atoms with Crippen molar-refractivity contribution in [2.75, 3.05) is 20.6 Å². The van der Waals surface area contributed by atoms with Crippen molar-refractivity contribution in [3.8, 4) is 10.8 Å². The zero-order valence-corrected chi connectivity index (χ0v) is 15.4. The summed E-state index contributed by atoms with van der Waals surface area (Å²) < 4.78 is 0. The number of nitrogens with zero attached hydrogens (tertiary/aromatic N) is 5. The van der Waals surface area contributed by atoms with Gasteiger partial charge in [-0.2, -0.15) is 0 Å². The summed E-state index contributed by atoms with van der Waals surface area (Å²) in [6.07, 6.45) is 5.39. The maximum Gasteiger partial charge on any atom is 0.265 e. The molecule has 3 heterocycles. The van der Waals surface area contributed by atoms with Gasteiger partial charge in [0.05, 0.1) is 5.69 Å². The number of hydrogen-bond acceptors (Lipinski definition) is 6. The van der Waals surface area contributed by atoms with E-state index in [9.17, 15) is 4.79 Å². The van der Waals surface area contributed by atoms with Crippen LogP contribution in [0, 0.1) is 6.92 Å². The molecule has 1 saturated heterocycles. The Kier molecular flexibility index (Phi) is 4.91. The minimum Gasteiger partial charge on any atom is -0.338 e. The summed E-state index contributed by atoms with van der Waals surface area (Å²) >= 11 is 1.38. The van der Waals surface area contributed by atoms with Gasteiger partial charge in [0.15, 0.2) is 10.8 Å². The Morgan fingerprint density at radius 3 is 2.75 bits per heavy atom. The maximum atomic E-state index is 12.9. The van der Waals surface area contributed by atoms with Gasteiger partial charge in [-0.15, -0.1) is 11.3 Å². The smallest absolute Gasteiger partial charge is 0.265 e. The molecule has 1 fully saturated rings. The van der Waals surface area contributed by atoms with Crippen molar-refractivity contribution in [3.05, 3.63) is 29.0 Å². The highest BCUT2D eigenvalue weighted by atomic mass is 32.1. The van der Waals surface area contributed by atoms with Gasteiger partial charge in [-0.05, 0) is 39.8 Å². The second kappa shape index (κ2) is 6.94. The summed E-state index contributed by atoms with van der Waals surface area (Å²) in [6, 6.07) is 2.54. The molecule has 1 aliphatic heterocycles. The lowest BCUT2D eigenvalue weighted by Gasteiger charge is -2.39. The Labute approximate surface area is 146 Å². The quantitative estimate of drug-likeness (QED) is 0.855. The molecule has 3 rings (SSSR count). The van der Waals surface area contributed by atoms with Crippen molar-refractivity contribution in [3.63, 3.8) is 0 Å². The molecule has 7 heteroatoms. The van der Waals surface area contributed by atoms with Gasteiger partial charge in [-0.25, -0.2) is 15.0 Å². The number of aromatic nitrogens is 3. The van der Waals surface area contributed by atoms with Crippen molar-refractivity contribution in [1.29, 1.82) is 0 Å². The number of aryl methyl sites for hydroxylation is 1. The zero-order chi connectivity index (χ0) is 17.3. The van der Waals surface area contributed by atoms with Gasteiger partial charge < -0.3 is 9.80 Å². The average molecular weight is 345 g/mol. The van der Waals surface area contributed by atoms with Crippen LogP contribution in [-0.4, -0.2) is 63.4 Å². The lowest BCUT2D eigenvalue weighted by Crippen LogP contribution is -2.48. The van der Waals surface area contributed by atoms with Crippen LogP contribution in [0.5, 0.6) is 0 Å². The SMILES string of the molecule is Cc1nc(-c2ncccn2)sc1C(=O)N(C)C1CCN(C)C(C)C1.